The lowest BCUT2D eigenvalue weighted by Gasteiger charge is -2.16. The van der Waals surface area contributed by atoms with E-state index >= 15 is 0 Å². The van der Waals surface area contributed by atoms with Crippen LogP contribution in [0.15, 0.2) is 60.7 Å². The fourth-order valence-corrected chi connectivity index (χ4v) is 5.01. The molecule has 5 heteroatoms. The normalized spacial score (nSPS) is 11.3. The maximum atomic E-state index is 12.5. The van der Waals surface area contributed by atoms with Crippen molar-refractivity contribution in [2.75, 3.05) is 13.2 Å². The lowest BCUT2D eigenvalue weighted by molar-refractivity contribution is 0.0952. The number of nitrogens with one attached hydrogen (secondary N) is 1. The van der Waals surface area contributed by atoms with Crippen LogP contribution in [0.25, 0.3) is 11.0 Å². The molecule has 200 valence electrons. The quantitative estimate of drug-likeness (QED) is 0.203. The van der Waals surface area contributed by atoms with Gasteiger partial charge in [-0.1, -0.05) is 62.2 Å². The first-order chi connectivity index (χ1) is 18.3. The van der Waals surface area contributed by atoms with Gasteiger partial charge in [0.25, 0.3) is 5.91 Å². The molecule has 0 saturated carbocycles. The molecule has 0 bridgehead atoms. The number of nitrogens with zero attached hydrogens (tertiary/aromatic N) is 2. The Labute approximate surface area is 227 Å². The largest absolute Gasteiger partial charge is 0.491 e. The smallest absolute Gasteiger partial charge is 0.251 e. The van der Waals surface area contributed by atoms with Crippen molar-refractivity contribution in [3.05, 3.63) is 94.3 Å². The second kappa shape index (κ2) is 12.8. The van der Waals surface area contributed by atoms with Crippen molar-refractivity contribution in [2.45, 2.75) is 72.8 Å². The molecule has 0 atom stereocenters. The zero-order chi connectivity index (χ0) is 27.1. The fraction of sp³-hybridized carbons (Fsp3) is 0.394. The summed E-state index contributed by atoms with van der Waals surface area (Å²) >= 11 is 0. The van der Waals surface area contributed by atoms with Crippen LogP contribution in [0.2, 0.25) is 0 Å². The number of carbonyl (C=O) groups is 1. The van der Waals surface area contributed by atoms with E-state index in [0.29, 0.717) is 19.1 Å². The number of hydrogen-bond donors (Lipinski definition) is 1. The van der Waals surface area contributed by atoms with Crippen LogP contribution < -0.4 is 10.1 Å². The molecule has 1 N–H and O–H groups in total. The molecule has 0 saturated heterocycles. The van der Waals surface area contributed by atoms with Crippen molar-refractivity contribution in [3.8, 4) is 5.75 Å². The van der Waals surface area contributed by atoms with E-state index in [9.17, 15) is 4.79 Å². The number of unbranched alkanes of at least 4 members (excludes halogenated alkanes) is 2. The topological polar surface area (TPSA) is 56.2 Å². The Morgan fingerprint density at radius 2 is 1.71 bits per heavy atom. The van der Waals surface area contributed by atoms with E-state index in [1.54, 1.807) is 0 Å². The Morgan fingerprint density at radius 1 is 0.947 bits per heavy atom. The molecular weight excluding hydrogens is 470 g/mol. The number of amides is 1. The molecule has 1 amide bonds. The van der Waals surface area contributed by atoms with Crippen LogP contribution in [-0.2, 0) is 13.0 Å². The predicted octanol–water partition coefficient (Wildman–Crippen LogP) is 7.31. The summed E-state index contributed by atoms with van der Waals surface area (Å²) in [5, 5.41) is 3.07. The van der Waals surface area contributed by atoms with Gasteiger partial charge >= 0.3 is 0 Å². The molecule has 1 heterocycles. The summed E-state index contributed by atoms with van der Waals surface area (Å²) < 4.78 is 8.61. The minimum Gasteiger partial charge on any atom is -0.491 e. The highest BCUT2D eigenvalue weighted by molar-refractivity contribution is 5.95. The summed E-state index contributed by atoms with van der Waals surface area (Å²) in [5.41, 5.74) is 7.60. The minimum atomic E-state index is 0.0125. The molecule has 0 aliphatic carbocycles. The van der Waals surface area contributed by atoms with Crippen LogP contribution in [0.5, 0.6) is 5.75 Å². The summed E-state index contributed by atoms with van der Waals surface area (Å²) in [5.74, 6) is 2.51. The van der Waals surface area contributed by atoms with E-state index in [2.05, 4.69) is 73.1 Å². The number of hydrogen-bond acceptors (Lipinski definition) is 3. The third-order valence-corrected chi connectivity index (χ3v) is 7.09. The maximum absolute atomic E-state index is 12.5. The number of benzene rings is 3. The lowest BCUT2D eigenvalue weighted by Crippen LogP contribution is -2.25. The monoisotopic (exact) mass is 511 g/mol. The van der Waals surface area contributed by atoms with Gasteiger partial charge in [-0.25, -0.2) is 4.98 Å². The first-order valence-electron chi connectivity index (χ1n) is 13.9. The van der Waals surface area contributed by atoms with Crippen LogP contribution in [0.4, 0.5) is 0 Å². The van der Waals surface area contributed by atoms with Crippen LogP contribution in [-0.4, -0.2) is 28.6 Å². The number of para-hydroxylation sites is 2. The summed E-state index contributed by atoms with van der Waals surface area (Å²) in [7, 11) is 0. The average molecular weight is 512 g/mol. The predicted molar refractivity (Wildman–Crippen MR) is 156 cm³/mol. The maximum Gasteiger partial charge on any atom is 0.251 e. The van der Waals surface area contributed by atoms with Gasteiger partial charge in [-0.15, -0.1) is 0 Å². The van der Waals surface area contributed by atoms with Crippen LogP contribution in [0.1, 0.15) is 77.5 Å². The van der Waals surface area contributed by atoms with Gasteiger partial charge in [0.15, 0.2) is 0 Å². The average Bonchev–Trinajstić information content (AvgIpc) is 3.23. The number of aromatic nitrogens is 2. The Hall–Kier alpha value is -3.60. The Bertz CT molecular complexity index is 1390. The van der Waals surface area contributed by atoms with Gasteiger partial charge in [-0.05, 0) is 80.5 Å². The molecule has 0 aliphatic rings. The van der Waals surface area contributed by atoms with E-state index in [-0.39, 0.29) is 5.91 Å². The van der Waals surface area contributed by atoms with Gasteiger partial charge in [-0.2, -0.15) is 0 Å². The van der Waals surface area contributed by atoms with Gasteiger partial charge in [-0.3, -0.25) is 4.79 Å². The van der Waals surface area contributed by atoms with E-state index in [1.165, 1.54) is 16.7 Å². The van der Waals surface area contributed by atoms with Crippen molar-refractivity contribution >= 4 is 16.9 Å². The molecule has 0 radical (unpaired) electrons. The molecule has 0 unspecified atom stereocenters. The Balaban J connectivity index is 1.31. The summed E-state index contributed by atoms with van der Waals surface area (Å²) in [6.45, 7) is 12.6. The standard InChI is InChI=1S/C33H41N3O2/c1-23(2)27-16-14-25(4)22-31(27)38-20-19-36-30-12-9-8-11-29(30)35-32(36)13-7-6-10-18-34-33(37)28-17-15-24(3)21-26(28)5/h8-9,11-12,14-17,21-23H,6-7,10,13,18-20H2,1-5H3,(H,34,37). The molecule has 4 aromatic rings. The summed E-state index contributed by atoms with van der Waals surface area (Å²) in [4.78, 5) is 17.5. The van der Waals surface area contributed by atoms with Crippen molar-refractivity contribution in [1.29, 1.82) is 0 Å². The number of imidazole rings is 1. The van der Waals surface area contributed by atoms with Gasteiger partial charge in [0.05, 0.1) is 17.6 Å². The second-order valence-corrected chi connectivity index (χ2v) is 10.6. The highest BCUT2D eigenvalue weighted by atomic mass is 16.5. The van der Waals surface area contributed by atoms with Crippen molar-refractivity contribution in [1.82, 2.24) is 14.9 Å². The second-order valence-electron chi connectivity index (χ2n) is 10.6. The molecule has 0 fully saturated rings. The van der Waals surface area contributed by atoms with Crippen molar-refractivity contribution < 1.29 is 9.53 Å². The Morgan fingerprint density at radius 3 is 2.50 bits per heavy atom. The van der Waals surface area contributed by atoms with Crippen LogP contribution in [0.3, 0.4) is 0 Å². The van der Waals surface area contributed by atoms with Gasteiger partial charge < -0.3 is 14.6 Å². The Kier molecular flexibility index (Phi) is 9.22. The van der Waals surface area contributed by atoms with Crippen LogP contribution >= 0.6 is 0 Å². The number of ether oxygens (including phenoxy) is 1. The van der Waals surface area contributed by atoms with E-state index < -0.39 is 0 Å². The van der Waals surface area contributed by atoms with Crippen molar-refractivity contribution in [2.24, 2.45) is 0 Å². The van der Waals surface area contributed by atoms with Crippen LogP contribution in [0, 0.1) is 20.8 Å². The molecule has 3 aromatic carbocycles. The number of aryl methyl sites for hydroxylation is 4. The lowest BCUT2D eigenvalue weighted by atomic mass is 10.0. The number of fused-ring (bicyclic) bond motifs is 1. The van der Waals surface area contributed by atoms with Gasteiger partial charge in [0.1, 0.15) is 18.2 Å². The molecular formula is C33H41N3O2. The molecule has 0 aliphatic heterocycles. The third kappa shape index (κ3) is 6.83. The summed E-state index contributed by atoms with van der Waals surface area (Å²) in [6.07, 6.45) is 3.92. The highest BCUT2D eigenvalue weighted by Gasteiger charge is 2.13. The molecule has 1 aromatic heterocycles. The van der Waals surface area contributed by atoms with E-state index in [4.69, 9.17) is 9.72 Å². The first-order valence-corrected chi connectivity index (χ1v) is 13.9. The minimum absolute atomic E-state index is 0.0125. The molecule has 4 rings (SSSR count). The van der Waals surface area contributed by atoms with E-state index in [0.717, 1.165) is 66.0 Å². The van der Waals surface area contributed by atoms with Gasteiger partial charge in [0.2, 0.25) is 0 Å². The number of carbonyl (C=O) groups excluding carboxylic acids is 1. The van der Waals surface area contributed by atoms with Gasteiger partial charge in [0, 0.05) is 18.5 Å². The molecule has 5 nitrogen and oxygen atoms in total. The zero-order valence-corrected chi connectivity index (χ0v) is 23.5. The molecule has 0 spiro atoms. The van der Waals surface area contributed by atoms with E-state index in [1.807, 2.05) is 32.0 Å². The SMILES string of the molecule is Cc1ccc(C(=O)NCCCCCc2nc3ccccc3n2CCOc2cc(C)ccc2C(C)C)c(C)c1. The van der Waals surface area contributed by atoms with Crippen molar-refractivity contribution in [3.63, 3.8) is 0 Å². The summed E-state index contributed by atoms with van der Waals surface area (Å²) in [6, 6.07) is 20.8. The fourth-order valence-electron chi connectivity index (χ4n) is 5.01. The molecule has 38 heavy (non-hydrogen) atoms. The number of rotatable bonds is 12. The highest BCUT2D eigenvalue weighted by Crippen LogP contribution is 2.28. The third-order valence-electron chi connectivity index (χ3n) is 7.09. The first kappa shape index (κ1) is 27.4. The zero-order valence-electron chi connectivity index (χ0n) is 23.5.